The number of methoxy groups -OCH3 is 1. The van der Waals surface area contributed by atoms with E-state index in [2.05, 4.69) is 15.1 Å². The molecule has 1 fully saturated rings. The van der Waals surface area contributed by atoms with E-state index in [9.17, 15) is 9.18 Å². The first kappa shape index (κ1) is 22.6. The number of ether oxygens (including phenoxy) is 2. The van der Waals surface area contributed by atoms with Gasteiger partial charge in [0.2, 0.25) is 5.91 Å². The average molecular weight is 442 g/mol. The third-order valence-electron chi connectivity index (χ3n) is 6.21. The fraction of sp³-hybridized carbons (Fsp3) is 0.480. The minimum absolute atomic E-state index is 0.0135. The second-order valence-electron chi connectivity index (χ2n) is 8.69. The standard InChI is InChI=1S/C25H32FN3O3/c1-18-15-28(16-20-7-10-22(31-2)13-24(20)32-18)17-25(30)27-14-23(29-11-3-4-12-29)19-5-8-21(26)9-6-19/h5-10,13,18,23H,3-4,11-12,14-17H2,1-2H3,(H,27,30)/t18-,23-/m0/s1. The highest BCUT2D eigenvalue weighted by atomic mass is 19.1. The maximum Gasteiger partial charge on any atom is 0.234 e. The number of carbonyl (C=O) groups excluding carboxylic acids is 1. The highest BCUT2D eigenvalue weighted by molar-refractivity contribution is 5.78. The summed E-state index contributed by atoms with van der Waals surface area (Å²) in [6, 6.07) is 12.5. The van der Waals surface area contributed by atoms with Crippen LogP contribution in [0, 0.1) is 5.82 Å². The number of amides is 1. The Labute approximate surface area is 189 Å². The Hall–Kier alpha value is -2.64. The van der Waals surface area contributed by atoms with Crippen LogP contribution in [-0.2, 0) is 11.3 Å². The van der Waals surface area contributed by atoms with Gasteiger partial charge in [0.1, 0.15) is 23.4 Å². The number of nitrogens with zero attached hydrogens (tertiary/aromatic N) is 2. The van der Waals surface area contributed by atoms with Gasteiger partial charge in [-0.15, -0.1) is 0 Å². The summed E-state index contributed by atoms with van der Waals surface area (Å²) in [4.78, 5) is 17.3. The first-order valence-corrected chi connectivity index (χ1v) is 11.3. The molecule has 1 saturated heterocycles. The van der Waals surface area contributed by atoms with Gasteiger partial charge in [-0.25, -0.2) is 4.39 Å². The van der Waals surface area contributed by atoms with Crippen molar-refractivity contribution >= 4 is 5.91 Å². The number of likely N-dealkylation sites (tertiary alicyclic amines) is 1. The lowest BCUT2D eigenvalue weighted by molar-refractivity contribution is -0.122. The van der Waals surface area contributed by atoms with Crippen molar-refractivity contribution in [3.63, 3.8) is 0 Å². The van der Waals surface area contributed by atoms with E-state index in [1.807, 2.05) is 37.3 Å². The van der Waals surface area contributed by atoms with Crippen LogP contribution >= 0.6 is 0 Å². The summed E-state index contributed by atoms with van der Waals surface area (Å²) in [5, 5.41) is 3.12. The van der Waals surface area contributed by atoms with Crippen LogP contribution in [0.15, 0.2) is 42.5 Å². The number of hydrogen-bond donors (Lipinski definition) is 1. The van der Waals surface area contributed by atoms with Crippen LogP contribution in [0.1, 0.15) is 36.9 Å². The van der Waals surface area contributed by atoms with Crippen molar-refractivity contribution < 1.29 is 18.7 Å². The molecular formula is C25H32FN3O3. The van der Waals surface area contributed by atoms with E-state index in [0.29, 0.717) is 26.2 Å². The molecule has 2 heterocycles. The van der Waals surface area contributed by atoms with Crippen molar-refractivity contribution in [3.05, 3.63) is 59.4 Å². The fourth-order valence-corrected chi connectivity index (χ4v) is 4.61. The normalized spacial score (nSPS) is 20.2. The van der Waals surface area contributed by atoms with Crippen molar-refractivity contribution in [1.29, 1.82) is 0 Å². The van der Waals surface area contributed by atoms with Crippen molar-refractivity contribution in [2.24, 2.45) is 0 Å². The van der Waals surface area contributed by atoms with Gasteiger partial charge < -0.3 is 14.8 Å². The fourth-order valence-electron chi connectivity index (χ4n) is 4.61. The van der Waals surface area contributed by atoms with E-state index in [4.69, 9.17) is 9.47 Å². The third kappa shape index (κ3) is 5.58. The van der Waals surface area contributed by atoms with Crippen molar-refractivity contribution in [2.45, 2.75) is 38.5 Å². The van der Waals surface area contributed by atoms with E-state index in [-0.39, 0.29) is 23.9 Å². The Kier molecular flexibility index (Phi) is 7.27. The second-order valence-corrected chi connectivity index (χ2v) is 8.69. The first-order valence-electron chi connectivity index (χ1n) is 11.3. The molecule has 2 aliphatic heterocycles. The molecule has 0 aromatic heterocycles. The van der Waals surface area contributed by atoms with Gasteiger partial charge in [-0.1, -0.05) is 18.2 Å². The van der Waals surface area contributed by atoms with Gasteiger partial charge in [0.05, 0.1) is 19.7 Å². The van der Waals surface area contributed by atoms with Crippen molar-refractivity contribution in [2.75, 3.05) is 39.8 Å². The number of rotatable bonds is 7. The SMILES string of the molecule is COc1ccc2c(c1)O[C@@H](C)CN(CC(=O)NC[C@@H](c1ccc(F)cc1)N1CCCC1)C2. The second kappa shape index (κ2) is 10.3. The third-order valence-corrected chi connectivity index (χ3v) is 6.21. The number of benzene rings is 2. The quantitative estimate of drug-likeness (QED) is 0.714. The zero-order valence-electron chi connectivity index (χ0n) is 18.9. The average Bonchev–Trinajstić information content (AvgIpc) is 3.25. The summed E-state index contributed by atoms with van der Waals surface area (Å²) in [7, 11) is 1.64. The summed E-state index contributed by atoms with van der Waals surface area (Å²) in [6.45, 7) is 6.13. The molecule has 2 aromatic rings. The van der Waals surface area contributed by atoms with E-state index in [1.54, 1.807) is 7.11 Å². The first-order chi connectivity index (χ1) is 15.5. The molecule has 1 amide bonds. The monoisotopic (exact) mass is 441 g/mol. The van der Waals surface area contributed by atoms with Gasteiger partial charge in [0.15, 0.2) is 0 Å². The maximum atomic E-state index is 13.4. The molecular weight excluding hydrogens is 409 g/mol. The lowest BCUT2D eigenvalue weighted by Crippen LogP contribution is -2.43. The van der Waals surface area contributed by atoms with Crippen LogP contribution in [0.5, 0.6) is 11.5 Å². The molecule has 0 radical (unpaired) electrons. The Balaban J connectivity index is 1.38. The minimum atomic E-state index is -0.242. The van der Waals surface area contributed by atoms with E-state index < -0.39 is 0 Å². The molecule has 7 heteroatoms. The number of halogens is 1. The van der Waals surface area contributed by atoms with Crippen molar-refractivity contribution in [3.8, 4) is 11.5 Å². The minimum Gasteiger partial charge on any atom is -0.497 e. The van der Waals surface area contributed by atoms with E-state index in [1.165, 1.54) is 12.1 Å². The molecule has 32 heavy (non-hydrogen) atoms. The smallest absolute Gasteiger partial charge is 0.234 e. The number of hydrogen-bond acceptors (Lipinski definition) is 5. The predicted molar refractivity (Wildman–Crippen MR) is 121 cm³/mol. The van der Waals surface area contributed by atoms with Gasteiger partial charge in [-0.3, -0.25) is 14.6 Å². The summed E-state index contributed by atoms with van der Waals surface area (Å²) in [5.74, 6) is 1.31. The van der Waals surface area contributed by atoms with Crippen LogP contribution in [0.2, 0.25) is 0 Å². The van der Waals surface area contributed by atoms with E-state index in [0.717, 1.165) is 48.6 Å². The van der Waals surface area contributed by atoms with Gasteiger partial charge in [-0.05, 0) is 56.6 Å². The van der Waals surface area contributed by atoms with Crippen molar-refractivity contribution in [1.82, 2.24) is 15.1 Å². The van der Waals surface area contributed by atoms with Crippen LogP contribution in [0.3, 0.4) is 0 Å². The Morgan fingerprint density at radius 2 is 1.97 bits per heavy atom. The summed E-state index contributed by atoms with van der Waals surface area (Å²) < 4.78 is 24.8. The Bertz CT molecular complexity index is 915. The lowest BCUT2D eigenvalue weighted by Gasteiger charge is -2.29. The van der Waals surface area contributed by atoms with Gasteiger partial charge in [0, 0.05) is 31.3 Å². The van der Waals surface area contributed by atoms with Crippen LogP contribution in [0.4, 0.5) is 4.39 Å². The molecule has 0 spiro atoms. The van der Waals surface area contributed by atoms with E-state index >= 15 is 0 Å². The Morgan fingerprint density at radius 3 is 2.69 bits per heavy atom. The molecule has 6 nitrogen and oxygen atoms in total. The predicted octanol–water partition coefficient (Wildman–Crippen LogP) is 3.37. The van der Waals surface area contributed by atoms with Crippen LogP contribution < -0.4 is 14.8 Å². The van der Waals surface area contributed by atoms with Gasteiger partial charge in [-0.2, -0.15) is 0 Å². The molecule has 0 saturated carbocycles. The van der Waals surface area contributed by atoms with Crippen LogP contribution in [0.25, 0.3) is 0 Å². The zero-order chi connectivity index (χ0) is 22.5. The topological polar surface area (TPSA) is 54.0 Å². The number of fused-ring (bicyclic) bond motifs is 1. The summed E-state index contributed by atoms with van der Waals surface area (Å²) >= 11 is 0. The molecule has 2 atom stereocenters. The molecule has 1 N–H and O–H groups in total. The molecule has 2 aromatic carbocycles. The molecule has 0 aliphatic carbocycles. The maximum absolute atomic E-state index is 13.4. The highest BCUT2D eigenvalue weighted by Crippen LogP contribution is 2.29. The summed E-state index contributed by atoms with van der Waals surface area (Å²) in [6.07, 6.45) is 2.27. The van der Waals surface area contributed by atoms with Crippen LogP contribution in [-0.4, -0.2) is 61.6 Å². The molecule has 172 valence electrons. The molecule has 2 aliphatic rings. The van der Waals surface area contributed by atoms with Gasteiger partial charge >= 0.3 is 0 Å². The highest BCUT2D eigenvalue weighted by Gasteiger charge is 2.26. The number of nitrogens with one attached hydrogen (secondary N) is 1. The largest absolute Gasteiger partial charge is 0.497 e. The number of carbonyl (C=O) groups is 1. The zero-order valence-corrected chi connectivity index (χ0v) is 18.9. The molecule has 4 rings (SSSR count). The Morgan fingerprint density at radius 1 is 1.22 bits per heavy atom. The molecule has 0 bridgehead atoms. The molecule has 0 unspecified atom stereocenters. The van der Waals surface area contributed by atoms with Gasteiger partial charge in [0.25, 0.3) is 0 Å². The summed E-state index contributed by atoms with van der Waals surface area (Å²) in [5.41, 5.74) is 2.08. The lowest BCUT2D eigenvalue weighted by atomic mass is 10.1.